The quantitative estimate of drug-likeness (QED) is 0.838. The van der Waals surface area contributed by atoms with Gasteiger partial charge in [-0.3, -0.25) is 9.69 Å². The van der Waals surface area contributed by atoms with Gasteiger partial charge in [0.1, 0.15) is 5.75 Å². The number of para-hydroxylation sites is 2. The van der Waals surface area contributed by atoms with Crippen LogP contribution in [0.5, 0.6) is 5.75 Å². The Morgan fingerprint density at radius 3 is 2.61 bits per heavy atom. The number of rotatable bonds is 7. The molecule has 0 aliphatic rings. The Hall–Kier alpha value is -2.04. The van der Waals surface area contributed by atoms with Crippen molar-refractivity contribution in [1.29, 1.82) is 0 Å². The first kappa shape index (κ1) is 17.3. The minimum absolute atomic E-state index is 0.0910. The predicted octanol–water partition coefficient (Wildman–Crippen LogP) is 3.81. The highest BCUT2D eigenvalue weighted by Crippen LogP contribution is 2.23. The maximum absolute atomic E-state index is 12.2. The normalized spacial score (nSPS) is 10.6. The second-order valence-electron chi connectivity index (χ2n) is 5.24. The summed E-state index contributed by atoms with van der Waals surface area (Å²) in [5, 5.41) is 3.60. The third-order valence-electron chi connectivity index (χ3n) is 3.27. The summed E-state index contributed by atoms with van der Waals surface area (Å²) >= 11 is 6.15. The number of amides is 1. The van der Waals surface area contributed by atoms with E-state index in [-0.39, 0.29) is 12.5 Å². The molecule has 1 amide bonds. The van der Waals surface area contributed by atoms with Crippen LogP contribution in [-0.4, -0.2) is 31.0 Å². The van der Waals surface area contributed by atoms with Crippen LogP contribution in [0.2, 0.25) is 5.02 Å². The second kappa shape index (κ2) is 8.56. The summed E-state index contributed by atoms with van der Waals surface area (Å²) in [6.07, 6.45) is 0. The minimum Gasteiger partial charge on any atom is -0.492 e. The van der Waals surface area contributed by atoms with Crippen LogP contribution in [0.25, 0.3) is 0 Å². The standard InChI is InChI=1S/C18H21ClN2O2/c1-3-23-17-11-7-6-10-16(17)20-18(22)13-21(2)12-14-8-4-5-9-15(14)19/h4-11H,3,12-13H2,1-2H3,(H,20,22). The molecule has 0 aromatic heterocycles. The average molecular weight is 333 g/mol. The van der Waals surface area contributed by atoms with Gasteiger partial charge in [-0.1, -0.05) is 41.9 Å². The number of likely N-dealkylation sites (N-methyl/N-ethyl adjacent to an activating group) is 1. The van der Waals surface area contributed by atoms with E-state index in [2.05, 4.69) is 5.32 Å². The summed E-state index contributed by atoms with van der Waals surface area (Å²) in [6, 6.07) is 15.1. The summed E-state index contributed by atoms with van der Waals surface area (Å²) < 4.78 is 5.51. The van der Waals surface area contributed by atoms with Gasteiger partial charge < -0.3 is 10.1 Å². The van der Waals surface area contributed by atoms with Crippen LogP contribution in [-0.2, 0) is 11.3 Å². The third kappa shape index (κ3) is 5.27. The smallest absolute Gasteiger partial charge is 0.238 e. The minimum atomic E-state index is -0.0910. The lowest BCUT2D eigenvalue weighted by Crippen LogP contribution is -2.30. The molecule has 0 spiro atoms. The third-order valence-corrected chi connectivity index (χ3v) is 3.64. The van der Waals surface area contributed by atoms with Gasteiger partial charge in [0.05, 0.1) is 18.8 Å². The van der Waals surface area contributed by atoms with Crippen molar-refractivity contribution >= 4 is 23.2 Å². The number of nitrogens with zero attached hydrogens (tertiary/aromatic N) is 1. The highest BCUT2D eigenvalue weighted by molar-refractivity contribution is 6.31. The molecule has 0 aliphatic carbocycles. The van der Waals surface area contributed by atoms with Gasteiger partial charge in [0.15, 0.2) is 0 Å². The second-order valence-corrected chi connectivity index (χ2v) is 5.65. The first-order valence-corrected chi connectivity index (χ1v) is 7.91. The number of anilines is 1. The molecule has 122 valence electrons. The van der Waals surface area contributed by atoms with Gasteiger partial charge >= 0.3 is 0 Å². The maximum Gasteiger partial charge on any atom is 0.238 e. The summed E-state index contributed by atoms with van der Waals surface area (Å²) in [7, 11) is 1.89. The number of ether oxygens (including phenoxy) is 1. The number of carbonyl (C=O) groups excluding carboxylic acids is 1. The van der Waals surface area contributed by atoms with Crippen molar-refractivity contribution in [2.24, 2.45) is 0 Å². The molecule has 0 heterocycles. The van der Waals surface area contributed by atoms with E-state index in [1.165, 1.54) is 0 Å². The maximum atomic E-state index is 12.2. The molecule has 4 nitrogen and oxygen atoms in total. The van der Waals surface area contributed by atoms with Crippen molar-refractivity contribution in [2.45, 2.75) is 13.5 Å². The topological polar surface area (TPSA) is 41.6 Å². The Morgan fingerprint density at radius 1 is 1.17 bits per heavy atom. The van der Waals surface area contributed by atoms with Gasteiger partial charge in [-0.2, -0.15) is 0 Å². The lowest BCUT2D eigenvalue weighted by Gasteiger charge is -2.18. The highest BCUT2D eigenvalue weighted by Gasteiger charge is 2.11. The molecule has 0 fully saturated rings. The van der Waals surface area contributed by atoms with Crippen molar-refractivity contribution in [3.05, 3.63) is 59.1 Å². The number of halogens is 1. The fourth-order valence-electron chi connectivity index (χ4n) is 2.26. The fourth-order valence-corrected chi connectivity index (χ4v) is 2.45. The molecule has 0 radical (unpaired) electrons. The van der Waals surface area contributed by atoms with E-state index in [9.17, 15) is 4.79 Å². The highest BCUT2D eigenvalue weighted by atomic mass is 35.5. The van der Waals surface area contributed by atoms with E-state index < -0.39 is 0 Å². The van der Waals surface area contributed by atoms with Crippen LogP contribution in [0, 0.1) is 0 Å². The lowest BCUT2D eigenvalue weighted by atomic mass is 10.2. The monoisotopic (exact) mass is 332 g/mol. The van der Waals surface area contributed by atoms with Crippen LogP contribution >= 0.6 is 11.6 Å². The first-order valence-electron chi connectivity index (χ1n) is 7.53. The Labute approximate surface area is 142 Å². The van der Waals surface area contributed by atoms with Gasteiger partial charge in [0.2, 0.25) is 5.91 Å². The molecule has 2 rings (SSSR count). The van der Waals surface area contributed by atoms with Gasteiger partial charge in [-0.05, 0) is 37.7 Å². The van der Waals surface area contributed by atoms with Gasteiger partial charge in [0.25, 0.3) is 0 Å². The number of benzene rings is 2. The zero-order valence-electron chi connectivity index (χ0n) is 13.4. The molecule has 5 heteroatoms. The molecule has 2 aromatic carbocycles. The Kier molecular flexibility index (Phi) is 6.44. The van der Waals surface area contributed by atoms with E-state index in [4.69, 9.17) is 16.3 Å². The fraction of sp³-hybridized carbons (Fsp3) is 0.278. The molecular formula is C18H21ClN2O2. The van der Waals surface area contributed by atoms with Gasteiger partial charge in [0, 0.05) is 11.6 Å². The van der Waals surface area contributed by atoms with E-state index in [1.54, 1.807) is 0 Å². The van der Waals surface area contributed by atoms with Crippen molar-refractivity contribution in [3.8, 4) is 5.75 Å². The van der Waals surface area contributed by atoms with Crippen LogP contribution in [0.15, 0.2) is 48.5 Å². The molecule has 0 bridgehead atoms. The molecular weight excluding hydrogens is 312 g/mol. The van der Waals surface area contributed by atoms with Crippen molar-refractivity contribution in [2.75, 3.05) is 25.5 Å². The number of hydrogen-bond donors (Lipinski definition) is 1. The van der Waals surface area contributed by atoms with Crippen LogP contribution in [0.3, 0.4) is 0 Å². The SMILES string of the molecule is CCOc1ccccc1NC(=O)CN(C)Cc1ccccc1Cl. The van der Waals surface area contributed by atoms with Gasteiger partial charge in [-0.15, -0.1) is 0 Å². The van der Waals surface area contributed by atoms with Crippen LogP contribution < -0.4 is 10.1 Å². The molecule has 0 unspecified atom stereocenters. The number of carbonyl (C=O) groups is 1. The summed E-state index contributed by atoms with van der Waals surface area (Å²) in [5.41, 5.74) is 1.68. The molecule has 0 saturated carbocycles. The van der Waals surface area contributed by atoms with Crippen LogP contribution in [0.1, 0.15) is 12.5 Å². The first-order chi connectivity index (χ1) is 11.1. The zero-order chi connectivity index (χ0) is 16.7. The lowest BCUT2D eigenvalue weighted by molar-refractivity contribution is -0.117. The van der Waals surface area contributed by atoms with E-state index in [0.717, 1.165) is 5.56 Å². The summed E-state index contributed by atoms with van der Waals surface area (Å²) in [5.74, 6) is 0.587. The molecule has 1 N–H and O–H groups in total. The largest absolute Gasteiger partial charge is 0.492 e. The van der Waals surface area contributed by atoms with E-state index in [0.29, 0.717) is 29.6 Å². The summed E-state index contributed by atoms with van der Waals surface area (Å²) in [4.78, 5) is 14.1. The molecule has 0 saturated heterocycles. The van der Waals surface area contributed by atoms with E-state index >= 15 is 0 Å². The summed E-state index contributed by atoms with van der Waals surface area (Å²) in [6.45, 7) is 3.35. The molecule has 0 atom stereocenters. The Bertz CT molecular complexity index is 661. The van der Waals surface area contributed by atoms with Crippen molar-refractivity contribution in [1.82, 2.24) is 4.90 Å². The Balaban J connectivity index is 1.93. The van der Waals surface area contributed by atoms with Crippen molar-refractivity contribution < 1.29 is 9.53 Å². The van der Waals surface area contributed by atoms with Crippen LogP contribution in [0.4, 0.5) is 5.69 Å². The predicted molar refractivity (Wildman–Crippen MR) is 94.0 cm³/mol. The van der Waals surface area contributed by atoms with Gasteiger partial charge in [-0.25, -0.2) is 0 Å². The average Bonchev–Trinajstić information content (AvgIpc) is 2.51. The Morgan fingerprint density at radius 2 is 1.87 bits per heavy atom. The zero-order valence-corrected chi connectivity index (χ0v) is 14.1. The molecule has 2 aromatic rings. The molecule has 23 heavy (non-hydrogen) atoms. The van der Waals surface area contributed by atoms with E-state index in [1.807, 2.05) is 67.4 Å². The number of hydrogen-bond acceptors (Lipinski definition) is 3. The molecule has 0 aliphatic heterocycles. The van der Waals surface area contributed by atoms with Crippen molar-refractivity contribution in [3.63, 3.8) is 0 Å². The number of nitrogens with one attached hydrogen (secondary N) is 1.